The Hall–Kier alpha value is -0.570. The second-order valence-electron chi connectivity index (χ2n) is 4.34. The molecular weight excluding hydrogens is 222 g/mol. The van der Waals surface area contributed by atoms with Crippen LogP contribution in [0.5, 0.6) is 0 Å². The molecule has 0 aromatic heterocycles. The SMILES string of the molecule is COC1CCN(Cc2cccc(Cl)c2)CC1. The van der Waals surface area contributed by atoms with E-state index in [1.54, 1.807) is 7.11 Å². The highest BCUT2D eigenvalue weighted by molar-refractivity contribution is 6.30. The van der Waals surface area contributed by atoms with Crippen molar-refractivity contribution in [3.8, 4) is 0 Å². The number of ether oxygens (including phenoxy) is 1. The molecule has 0 saturated carbocycles. The summed E-state index contributed by atoms with van der Waals surface area (Å²) in [4.78, 5) is 2.46. The average Bonchev–Trinajstić information content (AvgIpc) is 2.30. The van der Waals surface area contributed by atoms with E-state index in [1.807, 2.05) is 18.2 Å². The summed E-state index contributed by atoms with van der Waals surface area (Å²) in [5.74, 6) is 0. The molecule has 0 aliphatic carbocycles. The van der Waals surface area contributed by atoms with Crippen molar-refractivity contribution in [1.82, 2.24) is 4.90 Å². The maximum absolute atomic E-state index is 5.97. The predicted molar refractivity (Wildman–Crippen MR) is 66.8 cm³/mol. The highest BCUT2D eigenvalue weighted by Crippen LogP contribution is 2.17. The fourth-order valence-electron chi connectivity index (χ4n) is 2.20. The van der Waals surface area contributed by atoms with Gasteiger partial charge in [0.15, 0.2) is 0 Å². The fourth-order valence-corrected chi connectivity index (χ4v) is 2.41. The maximum Gasteiger partial charge on any atom is 0.0595 e. The van der Waals surface area contributed by atoms with E-state index in [0.717, 1.165) is 37.5 Å². The van der Waals surface area contributed by atoms with Crippen LogP contribution in [-0.2, 0) is 11.3 Å². The molecule has 1 aromatic carbocycles. The normalized spacial score (nSPS) is 18.9. The van der Waals surface area contributed by atoms with Gasteiger partial charge < -0.3 is 4.74 Å². The molecule has 0 N–H and O–H groups in total. The molecule has 1 fully saturated rings. The number of nitrogens with zero attached hydrogens (tertiary/aromatic N) is 1. The number of methoxy groups -OCH3 is 1. The van der Waals surface area contributed by atoms with E-state index >= 15 is 0 Å². The van der Waals surface area contributed by atoms with E-state index in [2.05, 4.69) is 11.0 Å². The molecule has 16 heavy (non-hydrogen) atoms. The molecule has 0 radical (unpaired) electrons. The van der Waals surface area contributed by atoms with Gasteiger partial charge in [-0.25, -0.2) is 0 Å². The van der Waals surface area contributed by atoms with Gasteiger partial charge in [-0.3, -0.25) is 4.90 Å². The monoisotopic (exact) mass is 239 g/mol. The largest absolute Gasteiger partial charge is 0.381 e. The van der Waals surface area contributed by atoms with Crippen LogP contribution in [0.1, 0.15) is 18.4 Å². The standard InChI is InChI=1S/C13H18ClNO/c1-16-13-5-7-15(8-6-13)10-11-3-2-4-12(14)9-11/h2-4,9,13H,5-8,10H2,1H3. The Bertz CT molecular complexity index is 334. The number of rotatable bonds is 3. The summed E-state index contributed by atoms with van der Waals surface area (Å²) < 4.78 is 5.36. The number of hydrogen-bond donors (Lipinski definition) is 0. The Morgan fingerprint density at radius 2 is 2.12 bits per heavy atom. The molecule has 2 nitrogen and oxygen atoms in total. The van der Waals surface area contributed by atoms with Gasteiger partial charge in [0, 0.05) is 31.8 Å². The lowest BCUT2D eigenvalue weighted by atomic mass is 10.1. The molecule has 1 aliphatic rings. The molecule has 1 aliphatic heterocycles. The van der Waals surface area contributed by atoms with Gasteiger partial charge in [0.25, 0.3) is 0 Å². The van der Waals surface area contributed by atoms with Gasteiger partial charge in [0.2, 0.25) is 0 Å². The first-order chi connectivity index (χ1) is 7.78. The number of benzene rings is 1. The van der Waals surface area contributed by atoms with Crippen LogP contribution in [0.25, 0.3) is 0 Å². The highest BCUT2D eigenvalue weighted by atomic mass is 35.5. The van der Waals surface area contributed by atoms with Gasteiger partial charge in [-0.05, 0) is 30.5 Å². The minimum absolute atomic E-state index is 0.454. The number of hydrogen-bond acceptors (Lipinski definition) is 2. The molecule has 0 spiro atoms. The van der Waals surface area contributed by atoms with Gasteiger partial charge >= 0.3 is 0 Å². The number of halogens is 1. The third-order valence-electron chi connectivity index (χ3n) is 3.16. The average molecular weight is 240 g/mol. The molecule has 88 valence electrons. The van der Waals surface area contributed by atoms with E-state index < -0.39 is 0 Å². The van der Waals surface area contributed by atoms with Gasteiger partial charge in [0.1, 0.15) is 0 Å². The molecule has 0 atom stereocenters. The van der Waals surface area contributed by atoms with Crippen LogP contribution in [0.3, 0.4) is 0 Å². The van der Waals surface area contributed by atoms with Gasteiger partial charge in [-0.2, -0.15) is 0 Å². The first-order valence-electron chi connectivity index (χ1n) is 5.77. The molecule has 0 unspecified atom stereocenters. The highest BCUT2D eigenvalue weighted by Gasteiger charge is 2.18. The lowest BCUT2D eigenvalue weighted by Gasteiger charge is -2.31. The van der Waals surface area contributed by atoms with Crippen LogP contribution in [0, 0.1) is 0 Å². The topological polar surface area (TPSA) is 12.5 Å². The summed E-state index contributed by atoms with van der Waals surface area (Å²) in [5.41, 5.74) is 1.29. The summed E-state index contributed by atoms with van der Waals surface area (Å²) >= 11 is 5.97. The maximum atomic E-state index is 5.97. The Labute approximate surface area is 102 Å². The first-order valence-corrected chi connectivity index (χ1v) is 6.15. The molecule has 2 rings (SSSR count). The third kappa shape index (κ3) is 3.21. The van der Waals surface area contributed by atoms with Crippen LogP contribution in [0.4, 0.5) is 0 Å². The van der Waals surface area contributed by atoms with Gasteiger partial charge in [-0.1, -0.05) is 23.7 Å². The van der Waals surface area contributed by atoms with Crippen molar-refractivity contribution >= 4 is 11.6 Å². The van der Waals surface area contributed by atoms with E-state index in [-0.39, 0.29) is 0 Å². The van der Waals surface area contributed by atoms with Crippen LogP contribution in [0.2, 0.25) is 5.02 Å². The molecule has 1 aromatic rings. The Kier molecular flexibility index (Phi) is 4.22. The van der Waals surface area contributed by atoms with Gasteiger partial charge in [-0.15, -0.1) is 0 Å². The Morgan fingerprint density at radius 1 is 1.38 bits per heavy atom. The van der Waals surface area contributed by atoms with E-state index in [1.165, 1.54) is 5.56 Å². The Morgan fingerprint density at radius 3 is 2.75 bits per heavy atom. The predicted octanol–water partition coefficient (Wildman–Crippen LogP) is 2.95. The van der Waals surface area contributed by atoms with Crippen molar-refractivity contribution in [1.29, 1.82) is 0 Å². The molecule has 1 saturated heterocycles. The summed E-state index contributed by atoms with van der Waals surface area (Å²) in [6.07, 6.45) is 2.73. The smallest absolute Gasteiger partial charge is 0.0595 e. The molecular formula is C13H18ClNO. The van der Waals surface area contributed by atoms with Gasteiger partial charge in [0.05, 0.1) is 6.10 Å². The fraction of sp³-hybridized carbons (Fsp3) is 0.538. The zero-order valence-corrected chi connectivity index (χ0v) is 10.4. The van der Waals surface area contributed by atoms with E-state index in [9.17, 15) is 0 Å². The summed E-state index contributed by atoms with van der Waals surface area (Å²) in [7, 11) is 1.80. The summed E-state index contributed by atoms with van der Waals surface area (Å²) in [6, 6.07) is 8.11. The van der Waals surface area contributed by atoms with Crippen molar-refractivity contribution in [2.45, 2.75) is 25.5 Å². The molecule has 3 heteroatoms. The summed E-state index contributed by atoms with van der Waals surface area (Å²) in [5, 5.41) is 0.823. The quantitative estimate of drug-likeness (QED) is 0.804. The van der Waals surface area contributed by atoms with Crippen molar-refractivity contribution in [3.63, 3.8) is 0 Å². The van der Waals surface area contributed by atoms with Crippen LogP contribution < -0.4 is 0 Å². The summed E-state index contributed by atoms with van der Waals surface area (Å²) in [6.45, 7) is 3.23. The lowest BCUT2D eigenvalue weighted by molar-refractivity contribution is 0.0388. The van der Waals surface area contributed by atoms with E-state index in [4.69, 9.17) is 16.3 Å². The zero-order chi connectivity index (χ0) is 11.4. The zero-order valence-electron chi connectivity index (χ0n) is 9.66. The Balaban J connectivity index is 1.87. The number of piperidine rings is 1. The van der Waals surface area contributed by atoms with E-state index in [0.29, 0.717) is 6.10 Å². The second-order valence-corrected chi connectivity index (χ2v) is 4.78. The molecule has 1 heterocycles. The van der Waals surface area contributed by atoms with Crippen LogP contribution in [-0.4, -0.2) is 31.2 Å². The minimum atomic E-state index is 0.454. The number of likely N-dealkylation sites (tertiary alicyclic amines) is 1. The molecule has 0 amide bonds. The lowest BCUT2D eigenvalue weighted by Crippen LogP contribution is -2.36. The van der Waals surface area contributed by atoms with Crippen LogP contribution in [0.15, 0.2) is 24.3 Å². The minimum Gasteiger partial charge on any atom is -0.381 e. The van der Waals surface area contributed by atoms with Crippen molar-refractivity contribution in [2.24, 2.45) is 0 Å². The first kappa shape index (κ1) is 11.9. The van der Waals surface area contributed by atoms with Crippen molar-refractivity contribution in [2.75, 3.05) is 20.2 Å². The third-order valence-corrected chi connectivity index (χ3v) is 3.40. The van der Waals surface area contributed by atoms with Crippen molar-refractivity contribution < 1.29 is 4.74 Å². The van der Waals surface area contributed by atoms with Crippen LogP contribution >= 0.6 is 11.6 Å². The van der Waals surface area contributed by atoms with Crippen molar-refractivity contribution in [3.05, 3.63) is 34.9 Å². The second kappa shape index (κ2) is 5.67. The molecule has 0 bridgehead atoms.